The molecule has 0 saturated carbocycles. The molecule has 0 heterocycles. The van der Waals surface area contributed by atoms with E-state index >= 15 is 0 Å². The van der Waals surface area contributed by atoms with E-state index in [9.17, 15) is 9.90 Å². The Bertz CT molecular complexity index is 1080. The lowest BCUT2D eigenvalue weighted by Gasteiger charge is -2.34. The average molecular weight is 460 g/mol. The molecule has 5 nitrogen and oxygen atoms in total. The van der Waals surface area contributed by atoms with Crippen LogP contribution in [-0.4, -0.2) is 36.8 Å². The van der Waals surface area contributed by atoms with E-state index in [4.69, 9.17) is 9.57 Å². The number of aromatic hydroxyl groups is 1. The first-order chi connectivity index (χ1) is 16.6. The number of amides is 1. The molecule has 2 atom stereocenters. The van der Waals surface area contributed by atoms with Crippen molar-refractivity contribution in [2.45, 2.75) is 43.9 Å². The van der Waals surface area contributed by atoms with Crippen molar-refractivity contribution in [2.75, 3.05) is 20.8 Å². The maximum Gasteiger partial charge on any atom is 0.245 e. The predicted octanol–water partition coefficient (Wildman–Crippen LogP) is 5.82. The number of nitrogens with zero attached hydrogens (tertiary/aromatic N) is 1. The summed E-state index contributed by atoms with van der Waals surface area (Å²) >= 11 is 0. The van der Waals surface area contributed by atoms with Crippen molar-refractivity contribution >= 4 is 5.91 Å². The molecular weight excluding hydrogens is 426 g/mol. The molecule has 1 aliphatic carbocycles. The van der Waals surface area contributed by atoms with E-state index in [-0.39, 0.29) is 11.8 Å². The molecule has 0 aromatic heterocycles. The van der Waals surface area contributed by atoms with Crippen molar-refractivity contribution in [3.63, 3.8) is 0 Å². The van der Waals surface area contributed by atoms with Crippen LogP contribution in [0.3, 0.4) is 0 Å². The van der Waals surface area contributed by atoms with Gasteiger partial charge in [0.1, 0.15) is 11.5 Å². The molecule has 0 unspecified atom stereocenters. The van der Waals surface area contributed by atoms with Gasteiger partial charge in [0, 0.05) is 19.4 Å². The summed E-state index contributed by atoms with van der Waals surface area (Å²) in [7, 11) is 3.11. The average Bonchev–Trinajstić information content (AvgIpc) is 2.88. The number of rotatable bonds is 9. The van der Waals surface area contributed by atoms with Crippen LogP contribution in [-0.2, 0) is 16.1 Å². The zero-order valence-electron chi connectivity index (χ0n) is 19.9. The molecule has 0 radical (unpaired) electrons. The molecular formula is C29H33NO4. The van der Waals surface area contributed by atoms with E-state index in [1.807, 2.05) is 18.2 Å². The smallest absolute Gasteiger partial charge is 0.245 e. The number of hydrogen-bond donors (Lipinski definition) is 1. The van der Waals surface area contributed by atoms with Gasteiger partial charge in [-0.3, -0.25) is 9.63 Å². The largest absolute Gasteiger partial charge is 0.508 e. The third kappa shape index (κ3) is 5.60. The van der Waals surface area contributed by atoms with Crippen LogP contribution in [0.4, 0.5) is 0 Å². The summed E-state index contributed by atoms with van der Waals surface area (Å²) in [5.74, 6) is 1.75. The maximum absolute atomic E-state index is 11.8. The second-order valence-electron chi connectivity index (χ2n) is 8.87. The molecule has 3 aromatic rings. The molecule has 0 aliphatic heterocycles. The van der Waals surface area contributed by atoms with Gasteiger partial charge in [0.05, 0.1) is 13.7 Å². The highest BCUT2D eigenvalue weighted by atomic mass is 16.7. The van der Waals surface area contributed by atoms with Crippen molar-refractivity contribution in [1.82, 2.24) is 5.06 Å². The Kier molecular flexibility index (Phi) is 7.86. The van der Waals surface area contributed by atoms with Crippen LogP contribution in [0.5, 0.6) is 11.5 Å². The minimum Gasteiger partial charge on any atom is -0.508 e. The highest BCUT2D eigenvalue weighted by Gasteiger charge is 2.32. The van der Waals surface area contributed by atoms with Crippen LogP contribution in [0.25, 0.3) is 0 Å². The van der Waals surface area contributed by atoms with Crippen LogP contribution < -0.4 is 4.74 Å². The maximum atomic E-state index is 11.8. The Morgan fingerprint density at radius 3 is 2.50 bits per heavy atom. The quantitative estimate of drug-likeness (QED) is 0.323. The van der Waals surface area contributed by atoms with Crippen LogP contribution >= 0.6 is 0 Å². The number of phenolic OH excluding ortho intramolecular Hbond substituents is 1. The van der Waals surface area contributed by atoms with E-state index < -0.39 is 0 Å². The van der Waals surface area contributed by atoms with Crippen LogP contribution in [0.15, 0.2) is 72.8 Å². The highest BCUT2D eigenvalue weighted by molar-refractivity contribution is 5.74. The van der Waals surface area contributed by atoms with Gasteiger partial charge in [0.25, 0.3) is 0 Å². The summed E-state index contributed by atoms with van der Waals surface area (Å²) < 4.78 is 5.92. The molecule has 3 aromatic carbocycles. The summed E-state index contributed by atoms with van der Waals surface area (Å²) in [4.78, 5) is 16.7. The molecule has 0 saturated heterocycles. The van der Waals surface area contributed by atoms with Crippen molar-refractivity contribution in [3.8, 4) is 11.5 Å². The molecule has 1 amide bonds. The van der Waals surface area contributed by atoms with Crippen molar-refractivity contribution in [3.05, 3.63) is 95.1 Å². The minimum atomic E-state index is -0.0269. The Hall–Kier alpha value is -3.31. The first-order valence-corrected chi connectivity index (χ1v) is 12.0. The molecule has 1 aliphatic rings. The van der Waals surface area contributed by atoms with Gasteiger partial charge in [-0.15, -0.1) is 0 Å². The predicted molar refractivity (Wildman–Crippen MR) is 133 cm³/mol. The van der Waals surface area contributed by atoms with E-state index in [1.54, 1.807) is 13.1 Å². The first kappa shape index (κ1) is 23.8. The summed E-state index contributed by atoms with van der Waals surface area (Å²) in [6.07, 6.45) is 4.02. The van der Waals surface area contributed by atoms with Crippen molar-refractivity contribution in [1.29, 1.82) is 0 Å². The number of carbonyl (C=O) groups excluding carboxylic acids is 1. The van der Waals surface area contributed by atoms with Gasteiger partial charge in [-0.2, -0.15) is 0 Å². The Morgan fingerprint density at radius 2 is 1.76 bits per heavy atom. The summed E-state index contributed by atoms with van der Waals surface area (Å²) in [5.41, 5.74) is 5.12. The van der Waals surface area contributed by atoms with Crippen LogP contribution in [0.1, 0.15) is 59.8 Å². The summed E-state index contributed by atoms with van der Waals surface area (Å²) in [6.45, 7) is 0.571. The fourth-order valence-electron chi connectivity index (χ4n) is 4.88. The van der Waals surface area contributed by atoms with E-state index in [0.717, 1.165) is 31.4 Å². The number of unbranched alkanes of at least 4 members (excludes halogenated alkanes) is 1. The second kappa shape index (κ2) is 11.2. The minimum absolute atomic E-state index is 0.0269. The van der Waals surface area contributed by atoms with Crippen molar-refractivity contribution in [2.24, 2.45) is 0 Å². The zero-order chi connectivity index (χ0) is 23.9. The molecule has 0 spiro atoms. The topological polar surface area (TPSA) is 59.0 Å². The Labute approximate surface area is 201 Å². The Morgan fingerprint density at radius 1 is 1.00 bits per heavy atom. The standard InChI is InChI=1S/C29H33NO4/c1-30(33-2)28(32)10-6-7-19-34-25-15-11-22(12-16-25)29-26(21-8-4-3-5-9-21)17-13-23-20-24(31)14-18-27(23)29/h3-5,8-9,11-12,14-16,18,20,26,29,31H,6-7,10,13,17,19H2,1-2H3/t26-,29+/m1/s1. The fraction of sp³-hybridized carbons (Fsp3) is 0.345. The SMILES string of the molecule is CON(C)C(=O)CCCCOc1ccc([C@@H]2c3ccc(O)cc3CC[C@@H]2c2ccccc2)cc1. The summed E-state index contributed by atoms with van der Waals surface area (Å²) in [6, 6.07) is 24.9. The Balaban J connectivity index is 1.45. The molecule has 0 bridgehead atoms. The zero-order valence-corrected chi connectivity index (χ0v) is 19.9. The molecule has 5 heteroatoms. The van der Waals surface area contributed by atoms with Gasteiger partial charge in [-0.1, -0.05) is 48.5 Å². The fourth-order valence-corrected chi connectivity index (χ4v) is 4.88. The number of hydrogen-bond acceptors (Lipinski definition) is 4. The molecule has 4 rings (SSSR count). The van der Waals surface area contributed by atoms with Crippen LogP contribution in [0.2, 0.25) is 0 Å². The molecule has 34 heavy (non-hydrogen) atoms. The van der Waals surface area contributed by atoms with E-state index in [2.05, 4.69) is 48.5 Å². The molecule has 178 valence electrons. The number of benzene rings is 3. The number of ether oxygens (including phenoxy) is 1. The van der Waals surface area contributed by atoms with Crippen LogP contribution in [0, 0.1) is 0 Å². The van der Waals surface area contributed by atoms with Gasteiger partial charge in [0.15, 0.2) is 0 Å². The van der Waals surface area contributed by atoms with E-state index in [0.29, 0.717) is 24.7 Å². The van der Waals surface area contributed by atoms with E-state index in [1.165, 1.54) is 34.4 Å². The van der Waals surface area contributed by atoms with Gasteiger partial charge in [-0.25, -0.2) is 5.06 Å². The number of fused-ring (bicyclic) bond motifs is 1. The molecule has 0 fully saturated rings. The van der Waals surface area contributed by atoms with Gasteiger partial charge in [-0.05, 0) is 78.1 Å². The highest BCUT2D eigenvalue weighted by Crippen LogP contribution is 2.47. The normalized spacial score (nSPS) is 17.1. The number of hydroxylamine groups is 2. The third-order valence-electron chi connectivity index (χ3n) is 6.73. The molecule has 1 N–H and O–H groups in total. The second-order valence-corrected chi connectivity index (χ2v) is 8.87. The van der Waals surface area contributed by atoms with Gasteiger partial charge < -0.3 is 9.84 Å². The first-order valence-electron chi connectivity index (χ1n) is 12.0. The third-order valence-corrected chi connectivity index (χ3v) is 6.73. The number of phenols is 1. The number of carbonyl (C=O) groups is 1. The van der Waals surface area contributed by atoms with Gasteiger partial charge >= 0.3 is 0 Å². The lowest BCUT2D eigenvalue weighted by atomic mass is 9.69. The lowest BCUT2D eigenvalue weighted by molar-refractivity contribution is -0.168. The van der Waals surface area contributed by atoms with Crippen molar-refractivity contribution < 1.29 is 19.5 Å². The number of aryl methyl sites for hydroxylation is 1. The summed E-state index contributed by atoms with van der Waals surface area (Å²) in [5, 5.41) is 11.3. The van der Waals surface area contributed by atoms with Gasteiger partial charge in [0.2, 0.25) is 5.91 Å². The lowest BCUT2D eigenvalue weighted by Crippen LogP contribution is -2.25. The monoisotopic (exact) mass is 459 g/mol.